The van der Waals surface area contributed by atoms with E-state index in [1.54, 1.807) is 24.3 Å². The fourth-order valence-corrected chi connectivity index (χ4v) is 0.817. The average molecular weight is 196 g/mol. The maximum atomic E-state index is 9.02. The number of rotatable bonds is 3. The molecule has 14 heavy (non-hydrogen) atoms. The van der Waals surface area contributed by atoms with Gasteiger partial charge >= 0.3 is 0 Å². The zero-order valence-electron chi connectivity index (χ0n) is 8.78. The van der Waals surface area contributed by atoms with Crippen molar-refractivity contribution in [2.45, 2.75) is 26.4 Å². The maximum absolute atomic E-state index is 9.02. The van der Waals surface area contributed by atoms with Gasteiger partial charge in [-0.05, 0) is 45.0 Å². The van der Waals surface area contributed by atoms with E-state index in [4.69, 9.17) is 14.6 Å². The van der Waals surface area contributed by atoms with Gasteiger partial charge in [-0.1, -0.05) is 0 Å². The van der Waals surface area contributed by atoms with E-state index in [0.29, 0.717) is 5.75 Å². The Balaban J connectivity index is 2.35. The third kappa shape index (κ3) is 4.14. The van der Waals surface area contributed by atoms with Gasteiger partial charge in [0.25, 0.3) is 0 Å². The second kappa shape index (κ2) is 4.33. The SMILES string of the molecule is CC(C)(C)OCOc1ccc(O)cc1. The summed E-state index contributed by atoms with van der Waals surface area (Å²) < 4.78 is 10.7. The number of ether oxygens (including phenoxy) is 2. The molecule has 0 radical (unpaired) electrons. The van der Waals surface area contributed by atoms with Crippen LogP contribution in [-0.2, 0) is 4.74 Å². The standard InChI is InChI=1S/C11H16O3/c1-11(2,3)14-8-13-10-6-4-9(12)5-7-10/h4-7,12H,8H2,1-3H3. The first-order valence-electron chi connectivity index (χ1n) is 4.53. The second-order valence-electron chi connectivity index (χ2n) is 4.01. The second-order valence-corrected chi connectivity index (χ2v) is 4.01. The van der Waals surface area contributed by atoms with Crippen molar-refractivity contribution in [3.8, 4) is 11.5 Å². The van der Waals surface area contributed by atoms with Crippen LogP contribution in [0.1, 0.15) is 20.8 Å². The summed E-state index contributed by atoms with van der Waals surface area (Å²) in [5.74, 6) is 0.918. The highest BCUT2D eigenvalue weighted by molar-refractivity contribution is 5.29. The number of benzene rings is 1. The molecule has 3 nitrogen and oxygen atoms in total. The summed E-state index contributed by atoms with van der Waals surface area (Å²) in [6.07, 6.45) is 0. The topological polar surface area (TPSA) is 38.7 Å². The zero-order valence-corrected chi connectivity index (χ0v) is 8.78. The molecule has 1 aromatic carbocycles. The first kappa shape index (κ1) is 10.9. The fraction of sp³-hybridized carbons (Fsp3) is 0.455. The molecule has 0 aliphatic heterocycles. The molecule has 0 fully saturated rings. The Hall–Kier alpha value is -1.22. The Labute approximate surface area is 84.3 Å². The van der Waals surface area contributed by atoms with Crippen LogP contribution in [0.25, 0.3) is 0 Å². The molecule has 0 aliphatic rings. The lowest BCUT2D eigenvalue weighted by Gasteiger charge is -2.19. The molecule has 0 aliphatic carbocycles. The Morgan fingerprint density at radius 3 is 2.21 bits per heavy atom. The molecule has 0 atom stereocenters. The monoisotopic (exact) mass is 196 g/mol. The maximum Gasteiger partial charge on any atom is 0.189 e. The molecule has 0 saturated carbocycles. The van der Waals surface area contributed by atoms with Crippen LogP contribution in [0.4, 0.5) is 0 Å². The van der Waals surface area contributed by atoms with Crippen molar-refractivity contribution in [2.75, 3.05) is 6.79 Å². The molecule has 0 heterocycles. The molecule has 3 heteroatoms. The highest BCUT2D eigenvalue weighted by atomic mass is 16.7. The zero-order chi connectivity index (χ0) is 10.6. The highest BCUT2D eigenvalue weighted by Gasteiger charge is 2.09. The van der Waals surface area contributed by atoms with E-state index in [-0.39, 0.29) is 18.1 Å². The van der Waals surface area contributed by atoms with Gasteiger partial charge < -0.3 is 14.6 Å². The summed E-state index contributed by atoms with van der Waals surface area (Å²) in [5, 5.41) is 9.02. The summed E-state index contributed by atoms with van der Waals surface area (Å²) in [6.45, 7) is 6.11. The quantitative estimate of drug-likeness (QED) is 0.755. The largest absolute Gasteiger partial charge is 0.508 e. The number of phenolic OH excluding ortho intramolecular Hbond substituents is 1. The Morgan fingerprint density at radius 2 is 1.71 bits per heavy atom. The van der Waals surface area contributed by atoms with E-state index >= 15 is 0 Å². The minimum absolute atomic E-state index is 0.198. The first-order chi connectivity index (χ1) is 6.47. The Morgan fingerprint density at radius 1 is 1.14 bits per heavy atom. The summed E-state index contributed by atoms with van der Waals surface area (Å²) in [5.41, 5.74) is -0.198. The van der Waals surface area contributed by atoms with Crippen molar-refractivity contribution in [1.29, 1.82) is 0 Å². The fourth-order valence-electron chi connectivity index (χ4n) is 0.817. The molecular weight excluding hydrogens is 180 g/mol. The van der Waals surface area contributed by atoms with Gasteiger partial charge in [0.2, 0.25) is 0 Å². The lowest BCUT2D eigenvalue weighted by Crippen LogP contribution is -2.21. The molecule has 1 N–H and O–H groups in total. The molecule has 1 aromatic rings. The molecule has 0 amide bonds. The number of hydrogen-bond donors (Lipinski definition) is 1. The Bertz CT molecular complexity index is 272. The number of hydrogen-bond acceptors (Lipinski definition) is 3. The summed E-state index contributed by atoms with van der Waals surface area (Å²) in [7, 11) is 0. The third-order valence-corrected chi connectivity index (χ3v) is 1.55. The van der Waals surface area contributed by atoms with Crippen molar-refractivity contribution in [1.82, 2.24) is 0 Å². The van der Waals surface area contributed by atoms with E-state index in [9.17, 15) is 0 Å². The van der Waals surface area contributed by atoms with E-state index in [2.05, 4.69) is 0 Å². The van der Waals surface area contributed by atoms with Crippen molar-refractivity contribution >= 4 is 0 Å². The van der Waals surface area contributed by atoms with Gasteiger partial charge in [-0.25, -0.2) is 0 Å². The predicted octanol–water partition coefficient (Wildman–Crippen LogP) is 2.54. The minimum Gasteiger partial charge on any atom is -0.508 e. The summed E-state index contributed by atoms with van der Waals surface area (Å²) >= 11 is 0. The number of aromatic hydroxyl groups is 1. The summed E-state index contributed by atoms with van der Waals surface area (Å²) in [4.78, 5) is 0. The van der Waals surface area contributed by atoms with Gasteiger partial charge in [-0.15, -0.1) is 0 Å². The van der Waals surface area contributed by atoms with Gasteiger partial charge in [0.1, 0.15) is 11.5 Å². The van der Waals surface area contributed by atoms with Gasteiger partial charge in [0, 0.05) is 0 Å². The van der Waals surface area contributed by atoms with Crippen molar-refractivity contribution in [2.24, 2.45) is 0 Å². The van der Waals surface area contributed by atoms with Gasteiger partial charge in [-0.3, -0.25) is 0 Å². The van der Waals surface area contributed by atoms with Crippen molar-refractivity contribution < 1.29 is 14.6 Å². The molecule has 0 saturated heterocycles. The van der Waals surface area contributed by atoms with Crippen LogP contribution in [-0.4, -0.2) is 17.5 Å². The van der Waals surface area contributed by atoms with Crippen LogP contribution < -0.4 is 4.74 Å². The smallest absolute Gasteiger partial charge is 0.189 e. The lowest BCUT2D eigenvalue weighted by molar-refractivity contribution is -0.0758. The van der Waals surface area contributed by atoms with Crippen molar-refractivity contribution in [3.05, 3.63) is 24.3 Å². The first-order valence-corrected chi connectivity index (χ1v) is 4.53. The minimum atomic E-state index is -0.198. The van der Waals surface area contributed by atoms with Crippen LogP contribution in [0.2, 0.25) is 0 Å². The molecule has 0 aromatic heterocycles. The van der Waals surface area contributed by atoms with E-state index in [0.717, 1.165) is 0 Å². The molecule has 0 bridgehead atoms. The van der Waals surface area contributed by atoms with Gasteiger partial charge in [-0.2, -0.15) is 0 Å². The normalized spacial score (nSPS) is 11.4. The van der Waals surface area contributed by atoms with Gasteiger partial charge in [0.15, 0.2) is 6.79 Å². The number of phenols is 1. The Kier molecular flexibility index (Phi) is 3.36. The molecule has 78 valence electrons. The molecule has 0 spiro atoms. The van der Waals surface area contributed by atoms with E-state index < -0.39 is 0 Å². The van der Waals surface area contributed by atoms with Crippen LogP contribution in [0, 0.1) is 0 Å². The molecule has 1 rings (SSSR count). The lowest BCUT2D eigenvalue weighted by atomic mass is 10.2. The average Bonchev–Trinajstić information content (AvgIpc) is 2.06. The van der Waals surface area contributed by atoms with E-state index in [1.165, 1.54) is 0 Å². The van der Waals surface area contributed by atoms with Gasteiger partial charge in [0.05, 0.1) is 5.60 Å². The van der Waals surface area contributed by atoms with Crippen LogP contribution in [0.15, 0.2) is 24.3 Å². The van der Waals surface area contributed by atoms with E-state index in [1.807, 2.05) is 20.8 Å². The highest BCUT2D eigenvalue weighted by Crippen LogP contribution is 2.16. The van der Waals surface area contributed by atoms with Crippen LogP contribution >= 0.6 is 0 Å². The summed E-state index contributed by atoms with van der Waals surface area (Å²) in [6, 6.07) is 6.54. The molecule has 0 unspecified atom stereocenters. The molecular formula is C11H16O3. The van der Waals surface area contributed by atoms with Crippen LogP contribution in [0.5, 0.6) is 11.5 Å². The third-order valence-electron chi connectivity index (χ3n) is 1.55. The predicted molar refractivity (Wildman–Crippen MR) is 54.4 cm³/mol. The van der Waals surface area contributed by atoms with Crippen LogP contribution in [0.3, 0.4) is 0 Å². The van der Waals surface area contributed by atoms with Crippen molar-refractivity contribution in [3.63, 3.8) is 0 Å².